The number of imidazole rings is 1. The lowest BCUT2D eigenvalue weighted by molar-refractivity contribution is 0.594. The van der Waals surface area contributed by atoms with Crippen LogP contribution in [0.5, 0.6) is 0 Å². The Kier molecular flexibility index (Phi) is 5.05. The molecule has 0 bridgehead atoms. The van der Waals surface area contributed by atoms with Crippen LogP contribution in [-0.4, -0.2) is 39.6 Å². The number of thioether (sulfide) groups is 1. The molecule has 0 radical (unpaired) electrons. The summed E-state index contributed by atoms with van der Waals surface area (Å²) in [4.78, 5) is 33.5. The van der Waals surface area contributed by atoms with Crippen molar-refractivity contribution in [3.05, 3.63) is 57.2 Å². The number of fused-ring (bicyclic) bond motifs is 1. The van der Waals surface area contributed by atoms with Crippen LogP contribution in [0.4, 0.5) is 4.39 Å². The third-order valence-corrected chi connectivity index (χ3v) is 5.49. The topological polar surface area (TPSA) is 103 Å². The number of aromatic nitrogens is 7. The average molecular weight is 415 g/mol. The zero-order chi connectivity index (χ0) is 20.5. The molecule has 3 heterocycles. The van der Waals surface area contributed by atoms with Gasteiger partial charge in [0.25, 0.3) is 5.56 Å². The van der Waals surface area contributed by atoms with Gasteiger partial charge in [0, 0.05) is 26.4 Å². The third-order valence-electron chi connectivity index (χ3n) is 4.55. The maximum Gasteiger partial charge on any atom is 0.332 e. The fraction of sp³-hybridized carbons (Fsp3) is 0.278. The van der Waals surface area contributed by atoms with E-state index < -0.39 is 5.69 Å². The molecule has 0 atom stereocenters. The molecule has 0 fully saturated rings. The van der Waals surface area contributed by atoms with Gasteiger partial charge in [0.2, 0.25) is 5.16 Å². The number of nitrogens with zero attached hydrogens (tertiary/aromatic N) is 6. The summed E-state index contributed by atoms with van der Waals surface area (Å²) in [5.74, 6) is 0.575. The molecule has 29 heavy (non-hydrogen) atoms. The largest absolute Gasteiger partial charge is 0.332 e. The van der Waals surface area contributed by atoms with Gasteiger partial charge in [-0.15, -0.1) is 5.10 Å². The highest BCUT2D eigenvalue weighted by Gasteiger charge is 2.15. The Hall–Kier alpha value is -3.21. The van der Waals surface area contributed by atoms with E-state index in [9.17, 15) is 14.0 Å². The van der Waals surface area contributed by atoms with E-state index in [2.05, 4.69) is 20.2 Å². The summed E-state index contributed by atoms with van der Waals surface area (Å²) < 4.78 is 18.0. The number of nitrogens with one attached hydrogen (secondary N) is 1. The average Bonchev–Trinajstić information content (AvgIpc) is 3.33. The lowest BCUT2D eigenvalue weighted by Crippen LogP contribution is -2.39. The van der Waals surface area contributed by atoms with Crippen LogP contribution < -0.4 is 11.2 Å². The molecule has 1 aromatic carbocycles. The van der Waals surface area contributed by atoms with Crippen molar-refractivity contribution in [2.24, 2.45) is 14.1 Å². The van der Waals surface area contributed by atoms with Gasteiger partial charge in [-0.2, -0.15) is 0 Å². The molecule has 0 saturated carbocycles. The van der Waals surface area contributed by atoms with E-state index in [1.807, 2.05) is 0 Å². The summed E-state index contributed by atoms with van der Waals surface area (Å²) in [5, 5.41) is 7.30. The second-order valence-electron chi connectivity index (χ2n) is 6.47. The van der Waals surface area contributed by atoms with Gasteiger partial charge in [-0.1, -0.05) is 23.9 Å². The Morgan fingerprint density at radius 3 is 2.79 bits per heavy atom. The molecule has 4 rings (SSSR count). The number of H-pyrrole nitrogens is 1. The van der Waals surface area contributed by atoms with Crippen molar-refractivity contribution in [3.63, 3.8) is 0 Å². The highest BCUT2D eigenvalue weighted by Crippen LogP contribution is 2.21. The van der Waals surface area contributed by atoms with Crippen LogP contribution in [0.3, 0.4) is 0 Å². The van der Waals surface area contributed by atoms with E-state index in [4.69, 9.17) is 0 Å². The van der Waals surface area contributed by atoms with Crippen molar-refractivity contribution in [3.8, 4) is 11.4 Å². The first-order valence-corrected chi connectivity index (χ1v) is 9.87. The second kappa shape index (κ2) is 7.66. The van der Waals surface area contributed by atoms with Crippen molar-refractivity contribution < 1.29 is 4.39 Å². The molecule has 150 valence electrons. The monoisotopic (exact) mass is 415 g/mol. The van der Waals surface area contributed by atoms with E-state index in [1.165, 1.54) is 33.3 Å². The number of aryl methyl sites for hydroxylation is 2. The maximum atomic E-state index is 13.8. The standard InChI is InChI=1S/C18H18FN7O2S/c1-24-10-20-15-13(24)16(27)26(18(28)25(15)2)8-5-9-29-17-21-14(22-23-17)11-6-3-4-7-12(11)19/h3-4,6-7,10H,5,8-9H2,1-2H3,(H,21,22,23). The van der Waals surface area contributed by atoms with Gasteiger partial charge >= 0.3 is 5.69 Å². The fourth-order valence-electron chi connectivity index (χ4n) is 3.06. The second-order valence-corrected chi connectivity index (χ2v) is 7.54. The number of hydrogen-bond acceptors (Lipinski definition) is 6. The van der Waals surface area contributed by atoms with Crippen LogP contribution in [0.15, 0.2) is 45.3 Å². The van der Waals surface area contributed by atoms with Crippen LogP contribution >= 0.6 is 11.8 Å². The van der Waals surface area contributed by atoms with Crippen molar-refractivity contribution in [1.29, 1.82) is 0 Å². The normalized spacial score (nSPS) is 11.4. The fourth-order valence-corrected chi connectivity index (χ4v) is 3.79. The number of halogens is 1. The SMILES string of the molecule is Cn1cnc2c1c(=O)n(CCCSc1n[nH]c(-c3ccccc3F)n1)c(=O)n2C. The molecule has 3 aromatic heterocycles. The first kappa shape index (κ1) is 19.1. The molecule has 0 amide bonds. The van der Waals surface area contributed by atoms with Crippen molar-refractivity contribution in [1.82, 2.24) is 33.9 Å². The molecule has 1 N–H and O–H groups in total. The van der Waals surface area contributed by atoms with Crippen molar-refractivity contribution in [2.75, 3.05) is 5.75 Å². The smallest absolute Gasteiger partial charge is 0.328 e. The molecule has 0 spiro atoms. The van der Waals surface area contributed by atoms with Gasteiger partial charge in [-0.25, -0.2) is 19.2 Å². The van der Waals surface area contributed by atoms with Crippen LogP contribution in [0.2, 0.25) is 0 Å². The van der Waals surface area contributed by atoms with E-state index in [0.29, 0.717) is 39.9 Å². The summed E-state index contributed by atoms with van der Waals surface area (Å²) in [6.45, 7) is 0.268. The molecule has 0 aliphatic heterocycles. The molecule has 4 aromatic rings. The van der Waals surface area contributed by atoms with Gasteiger partial charge < -0.3 is 4.57 Å². The molecule has 9 nitrogen and oxygen atoms in total. The minimum Gasteiger partial charge on any atom is -0.328 e. The van der Waals surface area contributed by atoms with Gasteiger partial charge in [0.05, 0.1) is 11.9 Å². The molecule has 11 heteroatoms. The Bertz CT molecular complexity index is 1300. The Morgan fingerprint density at radius 1 is 1.21 bits per heavy atom. The minimum atomic E-state index is -0.397. The quantitative estimate of drug-likeness (QED) is 0.378. The number of rotatable bonds is 6. The van der Waals surface area contributed by atoms with Crippen LogP contribution in [0, 0.1) is 5.82 Å². The lowest BCUT2D eigenvalue weighted by atomic mass is 10.2. The summed E-state index contributed by atoms with van der Waals surface area (Å²) in [7, 11) is 3.32. The molecule has 0 aliphatic carbocycles. The number of aromatic amines is 1. The van der Waals surface area contributed by atoms with Gasteiger partial charge in [0.15, 0.2) is 17.0 Å². The summed E-state index contributed by atoms with van der Waals surface area (Å²) in [6, 6.07) is 6.33. The van der Waals surface area contributed by atoms with E-state index in [1.54, 1.807) is 36.9 Å². The molecular formula is C18H18FN7O2S. The van der Waals surface area contributed by atoms with E-state index in [0.717, 1.165) is 0 Å². The molecule has 0 saturated heterocycles. The van der Waals surface area contributed by atoms with Crippen molar-refractivity contribution in [2.45, 2.75) is 18.1 Å². The summed E-state index contributed by atoms with van der Waals surface area (Å²) in [6.07, 6.45) is 2.08. The predicted octanol–water partition coefficient (Wildman–Crippen LogP) is 1.54. The Morgan fingerprint density at radius 2 is 2.00 bits per heavy atom. The van der Waals surface area contributed by atoms with E-state index >= 15 is 0 Å². The first-order chi connectivity index (χ1) is 14.0. The minimum absolute atomic E-state index is 0.268. The first-order valence-electron chi connectivity index (χ1n) is 8.88. The lowest BCUT2D eigenvalue weighted by Gasteiger charge is -2.08. The maximum absolute atomic E-state index is 13.8. The van der Waals surface area contributed by atoms with Crippen molar-refractivity contribution >= 4 is 22.9 Å². The molecular weight excluding hydrogens is 397 g/mol. The molecule has 0 aliphatic rings. The Labute approximate surface area is 168 Å². The number of benzene rings is 1. The van der Waals surface area contributed by atoms with Crippen LogP contribution in [-0.2, 0) is 20.6 Å². The van der Waals surface area contributed by atoms with Gasteiger partial charge in [-0.3, -0.25) is 19.0 Å². The highest BCUT2D eigenvalue weighted by molar-refractivity contribution is 7.99. The zero-order valence-electron chi connectivity index (χ0n) is 15.8. The highest BCUT2D eigenvalue weighted by atomic mass is 32.2. The third kappa shape index (κ3) is 3.48. The van der Waals surface area contributed by atoms with Crippen LogP contribution in [0.25, 0.3) is 22.6 Å². The zero-order valence-corrected chi connectivity index (χ0v) is 16.6. The molecule has 0 unspecified atom stereocenters. The predicted molar refractivity (Wildman–Crippen MR) is 107 cm³/mol. The summed E-state index contributed by atoms with van der Waals surface area (Å²) in [5.41, 5.74) is 0.364. The van der Waals surface area contributed by atoms with Gasteiger partial charge in [-0.05, 0) is 18.6 Å². The summed E-state index contributed by atoms with van der Waals surface area (Å²) >= 11 is 1.37. The number of hydrogen-bond donors (Lipinski definition) is 1. The van der Waals surface area contributed by atoms with Crippen LogP contribution in [0.1, 0.15) is 6.42 Å². The van der Waals surface area contributed by atoms with Gasteiger partial charge in [0.1, 0.15) is 5.82 Å². The Balaban J connectivity index is 1.44. The van der Waals surface area contributed by atoms with E-state index in [-0.39, 0.29) is 17.9 Å².